The molecule has 0 bridgehead atoms. The fourth-order valence-corrected chi connectivity index (χ4v) is 3.44. The van der Waals surface area contributed by atoms with Crippen LogP contribution in [0.15, 0.2) is 36.4 Å². The molecule has 0 aliphatic carbocycles. The number of nitrogens with zero attached hydrogens (tertiary/aromatic N) is 4. The van der Waals surface area contributed by atoms with Crippen LogP contribution in [0.1, 0.15) is 32.0 Å². The molecule has 2 aromatic carbocycles. The van der Waals surface area contributed by atoms with Gasteiger partial charge in [0.2, 0.25) is 5.69 Å². The van der Waals surface area contributed by atoms with Crippen molar-refractivity contribution >= 4 is 52.3 Å². The van der Waals surface area contributed by atoms with Crippen molar-refractivity contribution in [2.75, 3.05) is 0 Å². The fourth-order valence-electron chi connectivity index (χ4n) is 2.61. The number of rotatable bonds is 6. The highest BCUT2D eigenvalue weighted by atomic mass is 35.5. The van der Waals surface area contributed by atoms with Crippen LogP contribution in [0.2, 0.25) is 15.1 Å². The Balaban J connectivity index is 1.96. The first-order valence-corrected chi connectivity index (χ1v) is 8.98. The average Bonchev–Trinajstić information content (AvgIpc) is 3.05. The number of hydrogen-bond donors (Lipinski definition) is 1. The summed E-state index contributed by atoms with van der Waals surface area (Å²) in [5.41, 5.74) is 5.32. The van der Waals surface area contributed by atoms with Crippen LogP contribution in [-0.4, -0.2) is 31.6 Å². The summed E-state index contributed by atoms with van der Waals surface area (Å²) in [5.74, 6) is -2.15. The summed E-state index contributed by atoms with van der Waals surface area (Å²) in [6.07, 6.45) is 0. The molecule has 0 aliphatic rings. The van der Waals surface area contributed by atoms with E-state index in [1.54, 1.807) is 12.1 Å². The standard InChI is InChI=1S/C17H10Cl3N5O4/c18-10-3-1-9(2-4-10)15(26)13-11(19)5-8(6-12(13)20)7-24-17(25(28)29)14(16(21)27)22-23-24/h1-6H,7H2,(H2,21,27). The Morgan fingerprint density at radius 2 is 1.69 bits per heavy atom. The Morgan fingerprint density at radius 1 is 1.10 bits per heavy atom. The van der Waals surface area contributed by atoms with E-state index in [0.717, 1.165) is 4.68 Å². The molecule has 29 heavy (non-hydrogen) atoms. The van der Waals surface area contributed by atoms with E-state index < -0.39 is 28.1 Å². The maximum atomic E-state index is 12.7. The van der Waals surface area contributed by atoms with Gasteiger partial charge in [-0.05, 0) is 46.9 Å². The average molecular weight is 455 g/mol. The first-order chi connectivity index (χ1) is 13.7. The van der Waals surface area contributed by atoms with Crippen LogP contribution in [-0.2, 0) is 6.54 Å². The molecule has 0 spiro atoms. The van der Waals surface area contributed by atoms with E-state index in [9.17, 15) is 19.7 Å². The van der Waals surface area contributed by atoms with Gasteiger partial charge in [-0.1, -0.05) is 39.9 Å². The van der Waals surface area contributed by atoms with Gasteiger partial charge in [-0.15, -0.1) is 4.68 Å². The number of nitrogens with two attached hydrogens (primary N) is 1. The highest BCUT2D eigenvalue weighted by Gasteiger charge is 2.28. The molecule has 0 radical (unpaired) electrons. The molecule has 0 saturated carbocycles. The summed E-state index contributed by atoms with van der Waals surface area (Å²) >= 11 is 18.3. The molecule has 12 heteroatoms. The number of nitro groups is 1. The molecule has 3 rings (SSSR count). The fraction of sp³-hybridized carbons (Fsp3) is 0.0588. The molecule has 1 heterocycles. The molecule has 1 amide bonds. The van der Waals surface area contributed by atoms with Gasteiger partial charge in [0.05, 0.1) is 15.6 Å². The van der Waals surface area contributed by atoms with Gasteiger partial charge in [-0.3, -0.25) is 9.59 Å². The SMILES string of the molecule is NC(=O)c1nnn(Cc2cc(Cl)c(C(=O)c3ccc(Cl)cc3)c(Cl)c2)c1[N+](=O)[O-]. The summed E-state index contributed by atoms with van der Waals surface area (Å²) in [4.78, 5) is 34.4. The van der Waals surface area contributed by atoms with Crippen molar-refractivity contribution in [3.63, 3.8) is 0 Å². The molecule has 1 aromatic heterocycles. The molecular weight excluding hydrogens is 445 g/mol. The molecule has 0 saturated heterocycles. The van der Waals surface area contributed by atoms with Crippen LogP contribution in [0.3, 0.4) is 0 Å². The van der Waals surface area contributed by atoms with Gasteiger partial charge < -0.3 is 15.8 Å². The van der Waals surface area contributed by atoms with Crippen LogP contribution in [0.4, 0.5) is 5.82 Å². The van der Waals surface area contributed by atoms with Crippen molar-refractivity contribution in [3.05, 3.63) is 84.0 Å². The van der Waals surface area contributed by atoms with Crippen molar-refractivity contribution in [1.29, 1.82) is 0 Å². The predicted octanol–water partition coefficient (Wildman–Crippen LogP) is 3.52. The highest BCUT2D eigenvalue weighted by molar-refractivity contribution is 6.41. The van der Waals surface area contributed by atoms with Crippen molar-refractivity contribution < 1.29 is 14.5 Å². The van der Waals surface area contributed by atoms with E-state index in [2.05, 4.69) is 10.3 Å². The molecule has 0 unspecified atom stereocenters. The van der Waals surface area contributed by atoms with Gasteiger partial charge in [0.1, 0.15) is 6.54 Å². The molecular formula is C17H10Cl3N5O4. The number of benzene rings is 2. The summed E-state index contributed by atoms with van der Waals surface area (Å²) in [7, 11) is 0. The number of amides is 1. The van der Waals surface area contributed by atoms with E-state index in [-0.39, 0.29) is 22.2 Å². The number of halogens is 3. The zero-order valence-corrected chi connectivity index (χ0v) is 16.6. The van der Waals surface area contributed by atoms with Crippen LogP contribution < -0.4 is 5.73 Å². The third-order valence-electron chi connectivity index (χ3n) is 3.88. The van der Waals surface area contributed by atoms with Gasteiger partial charge in [-0.2, -0.15) is 0 Å². The van der Waals surface area contributed by atoms with E-state index in [0.29, 0.717) is 16.1 Å². The molecule has 0 fully saturated rings. The number of aromatic nitrogens is 3. The predicted molar refractivity (Wildman–Crippen MR) is 106 cm³/mol. The third kappa shape index (κ3) is 4.21. The maximum absolute atomic E-state index is 12.7. The number of hydrogen-bond acceptors (Lipinski definition) is 6. The van der Waals surface area contributed by atoms with Crippen LogP contribution in [0.25, 0.3) is 0 Å². The summed E-state index contributed by atoms with van der Waals surface area (Å²) in [6, 6.07) is 9.04. The minimum atomic E-state index is -1.08. The molecule has 2 N–H and O–H groups in total. The number of carbonyl (C=O) groups excluding carboxylic acids is 2. The smallest absolute Gasteiger partial charge is 0.364 e. The van der Waals surface area contributed by atoms with E-state index in [1.165, 1.54) is 24.3 Å². The lowest BCUT2D eigenvalue weighted by atomic mass is 10.0. The first-order valence-electron chi connectivity index (χ1n) is 7.85. The van der Waals surface area contributed by atoms with E-state index in [1.807, 2.05) is 0 Å². The second kappa shape index (κ2) is 8.16. The van der Waals surface area contributed by atoms with Gasteiger partial charge in [-0.25, -0.2) is 0 Å². The summed E-state index contributed by atoms with van der Waals surface area (Å²) in [5, 5.41) is 18.8. The Hall–Kier alpha value is -3.01. The van der Waals surface area contributed by atoms with Crippen LogP contribution in [0, 0.1) is 10.1 Å². The lowest BCUT2D eigenvalue weighted by Gasteiger charge is -2.09. The molecule has 148 valence electrons. The van der Waals surface area contributed by atoms with Crippen molar-refractivity contribution in [3.8, 4) is 0 Å². The Bertz CT molecular complexity index is 1120. The van der Waals surface area contributed by atoms with Gasteiger partial charge >= 0.3 is 5.82 Å². The molecule has 0 aliphatic heterocycles. The monoisotopic (exact) mass is 453 g/mol. The van der Waals surface area contributed by atoms with Gasteiger partial charge in [0.25, 0.3) is 5.91 Å². The van der Waals surface area contributed by atoms with E-state index in [4.69, 9.17) is 40.5 Å². The van der Waals surface area contributed by atoms with Gasteiger partial charge in [0.15, 0.2) is 5.78 Å². The zero-order chi connectivity index (χ0) is 21.3. The Morgan fingerprint density at radius 3 is 2.21 bits per heavy atom. The van der Waals surface area contributed by atoms with E-state index >= 15 is 0 Å². The van der Waals surface area contributed by atoms with Crippen molar-refractivity contribution in [2.45, 2.75) is 6.54 Å². The molecule has 0 atom stereocenters. The summed E-state index contributed by atoms with van der Waals surface area (Å²) in [6.45, 7) is -0.175. The van der Waals surface area contributed by atoms with Crippen LogP contribution >= 0.6 is 34.8 Å². The minimum absolute atomic E-state index is 0.0466. The van der Waals surface area contributed by atoms with Crippen LogP contribution in [0.5, 0.6) is 0 Å². The lowest BCUT2D eigenvalue weighted by Crippen LogP contribution is -2.15. The van der Waals surface area contributed by atoms with Gasteiger partial charge in [0, 0.05) is 15.8 Å². The second-order valence-corrected chi connectivity index (χ2v) is 7.06. The first kappa shape index (κ1) is 20.7. The van der Waals surface area contributed by atoms with Crippen molar-refractivity contribution in [2.24, 2.45) is 5.73 Å². The second-order valence-electron chi connectivity index (χ2n) is 5.81. The Kier molecular flexibility index (Phi) is 5.83. The minimum Gasteiger partial charge on any atom is -0.364 e. The highest BCUT2D eigenvalue weighted by Crippen LogP contribution is 2.30. The number of carbonyl (C=O) groups is 2. The lowest BCUT2D eigenvalue weighted by molar-refractivity contribution is -0.392. The Labute approximate surface area is 178 Å². The van der Waals surface area contributed by atoms with Crippen molar-refractivity contribution in [1.82, 2.24) is 15.0 Å². The zero-order valence-electron chi connectivity index (χ0n) is 14.3. The quantitative estimate of drug-likeness (QED) is 0.344. The normalized spacial score (nSPS) is 10.7. The number of primary amides is 1. The third-order valence-corrected chi connectivity index (χ3v) is 4.73. The topological polar surface area (TPSA) is 134 Å². The molecule has 3 aromatic rings. The molecule has 9 nitrogen and oxygen atoms in total. The summed E-state index contributed by atoms with van der Waals surface area (Å²) < 4.78 is 0.878. The maximum Gasteiger partial charge on any atom is 0.378 e. The number of ketones is 1. The largest absolute Gasteiger partial charge is 0.378 e.